The first-order valence-electron chi connectivity index (χ1n) is 31.4. The molecular formula is C87H72N2. The maximum atomic E-state index is 2.46. The molecule has 0 saturated heterocycles. The summed E-state index contributed by atoms with van der Waals surface area (Å²) in [5.41, 5.74) is 33.9. The molecule has 0 amide bonds. The lowest BCUT2D eigenvalue weighted by Gasteiger charge is -2.34. The Kier molecular flexibility index (Phi) is 13.4. The molecule has 2 nitrogen and oxygen atoms in total. The maximum Gasteiger partial charge on any atom is 0.0713 e. The highest BCUT2D eigenvalue weighted by Gasteiger charge is 2.46. The number of rotatable bonds is 12. The van der Waals surface area contributed by atoms with Gasteiger partial charge in [0.05, 0.1) is 5.41 Å². The Labute approximate surface area is 526 Å². The monoisotopic (exact) mass is 1140 g/mol. The van der Waals surface area contributed by atoms with Gasteiger partial charge in [0.2, 0.25) is 0 Å². The van der Waals surface area contributed by atoms with Crippen molar-refractivity contribution in [1.82, 2.24) is 0 Å². The number of nitrogens with zero attached hydrogens (tertiary/aromatic N) is 2. The van der Waals surface area contributed by atoms with Crippen molar-refractivity contribution in [2.75, 3.05) is 9.80 Å². The first-order valence-corrected chi connectivity index (χ1v) is 31.4. The van der Waals surface area contributed by atoms with Gasteiger partial charge in [-0.3, -0.25) is 0 Å². The summed E-state index contributed by atoms with van der Waals surface area (Å²) in [6.45, 7) is 18.2. The molecule has 0 atom stereocenters. The van der Waals surface area contributed by atoms with Gasteiger partial charge in [0.1, 0.15) is 0 Å². The molecule has 0 unspecified atom stereocenters. The second-order valence-corrected chi connectivity index (χ2v) is 26.1. The van der Waals surface area contributed by atoms with Crippen molar-refractivity contribution in [3.63, 3.8) is 0 Å². The van der Waals surface area contributed by atoms with E-state index in [0.29, 0.717) is 0 Å². The lowest BCUT2D eigenvalue weighted by atomic mass is 9.67. The molecule has 430 valence electrons. The summed E-state index contributed by atoms with van der Waals surface area (Å²) in [5.74, 6) is 0. The third-order valence-corrected chi connectivity index (χ3v) is 19.5. The second-order valence-electron chi connectivity index (χ2n) is 26.1. The van der Waals surface area contributed by atoms with Crippen molar-refractivity contribution < 1.29 is 0 Å². The average Bonchev–Trinajstić information content (AvgIpc) is 1.57. The summed E-state index contributed by atoms with van der Waals surface area (Å²) in [6.07, 6.45) is 9.25. The Morgan fingerprint density at radius 1 is 0.236 bits per heavy atom. The van der Waals surface area contributed by atoms with Gasteiger partial charge < -0.3 is 9.80 Å². The molecule has 12 aromatic carbocycles. The van der Waals surface area contributed by atoms with Gasteiger partial charge in [-0.05, 0) is 235 Å². The summed E-state index contributed by atoms with van der Waals surface area (Å²) in [4.78, 5) is 4.81. The van der Waals surface area contributed by atoms with E-state index in [9.17, 15) is 0 Å². The standard InChI is InChI=1S/C87H72N2/c1-57-19-15-27-67(47-57)88(68-28-16-20-58(2)48-68)71-39-45-75-73-41-35-61(51-79(73)85(5,6)81(75)55-71)31-33-63-37-43-77-78-44-38-64(54-84(78)87(83(77)53-63,65-23-11-9-12-24-65)66-25-13-10-14-26-66)34-32-62-36-42-74-76-46-40-72(56-82(76)86(7,8)80(74)52-62)89(69-29-17-21-59(3)49-69)70-30-18-22-60(4)50-70/h9-56H,1-8H3. The molecule has 15 rings (SSSR count). The number of benzene rings is 12. The van der Waals surface area contributed by atoms with Crippen LogP contribution in [0.2, 0.25) is 0 Å². The minimum atomic E-state index is -0.562. The lowest BCUT2D eigenvalue weighted by molar-refractivity contribution is 0.660. The topological polar surface area (TPSA) is 6.48 Å². The van der Waals surface area contributed by atoms with Gasteiger partial charge in [0.25, 0.3) is 0 Å². The molecule has 0 aromatic heterocycles. The summed E-state index contributed by atoms with van der Waals surface area (Å²) in [7, 11) is 0. The van der Waals surface area contributed by atoms with Gasteiger partial charge in [0, 0.05) is 45.0 Å². The summed E-state index contributed by atoms with van der Waals surface area (Å²) in [6, 6.07) is 100. The van der Waals surface area contributed by atoms with E-state index in [0.717, 1.165) is 34.1 Å². The highest BCUT2D eigenvalue weighted by atomic mass is 15.1. The fourth-order valence-corrected chi connectivity index (χ4v) is 15.1. The van der Waals surface area contributed by atoms with Crippen LogP contribution in [0.5, 0.6) is 0 Å². The molecule has 3 aliphatic carbocycles. The van der Waals surface area contributed by atoms with Gasteiger partial charge in [0.15, 0.2) is 0 Å². The molecule has 0 spiro atoms. The van der Waals surface area contributed by atoms with Crippen molar-refractivity contribution in [2.24, 2.45) is 0 Å². The quantitative estimate of drug-likeness (QED) is 0.113. The molecule has 0 fully saturated rings. The summed E-state index contributed by atoms with van der Waals surface area (Å²) in [5, 5.41) is 0. The van der Waals surface area contributed by atoms with Gasteiger partial charge >= 0.3 is 0 Å². The average molecular weight is 1150 g/mol. The van der Waals surface area contributed by atoms with E-state index in [2.05, 4.69) is 356 Å². The predicted octanol–water partition coefficient (Wildman–Crippen LogP) is 23.2. The van der Waals surface area contributed by atoms with Crippen molar-refractivity contribution in [1.29, 1.82) is 0 Å². The molecule has 0 aliphatic heterocycles. The zero-order chi connectivity index (χ0) is 60.8. The summed E-state index contributed by atoms with van der Waals surface area (Å²) < 4.78 is 0. The van der Waals surface area contributed by atoms with Crippen molar-refractivity contribution in [3.05, 3.63) is 356 Å². The third kappa shape index (κ3) is 9.40. The van der Waals surface area contributed by atoms with Gasteiger partial charge in [-0.1, -0.05) is 234 Å². The van der Waals surface area contributed by atoms with Gasteiger partial charge in [-0.2, -0.15) is 0 Å². The number of aryl methyl sites for hydroxylation is 4. The van der Waals surface area contributed by atoms with Crippen molar-refractivity contribution >= 4 is 58.4 Å². The minimum absolute atomic E-state index is 0.211. The molecule has 0 saturated carbocycles. The van der Waals surface area contributed by atoms with Crippen LogP contribution in [0.1, 0.15) is 117 Å². The van der Waals surface area contributed by atoms with Crippen LogP contribution in [0, 0.1) is 27.7 Å². The molecule has 3 aliphatic rings. The lowest BCUT2D eigenvalue weighted by Crippen LogP contribution is -2.28. The summed E-state index contributed by atoms with van der Waals surface area (Å²) >= 11 is 0. The van der Waals surface area contributed by atoms with E-state index in [-0.39, 0.29) is 10.8 Å². The fraction of sp³-hybridized carbons (Fsp3) is 0.126. The Morgan fingerprint density at radius 3 is 0.798 bits per heavy atom. The number of hydrogen-bond acceptors (Lipinski definition) is 2. The van der Waals surface area contributed by atoms with Crippen LogP contribution in [-0.4, -0.2) is 0 Å². The van der Waals surface area contributed by atoms with E-state index in [1.807, 2.05) is 0 Å². The molecule has 0 radical (unpaired) electrons. The van der Waals surface area contributed by atoms with Crippen LogP contribution in [0.25, 0.3) is 57.7 Å². The van der Waals surface area contributed by atoms with Gasteiger partial charge in [-0.15, -0.1) is 0 Å². The predicted molar refractivity (Wildman–Crippen MR) is 378 cm³/mol. The SMILES string of the molecule is Cc1cccc(N(c2cccc(C)c2)c2ccc3c(c2)C(C)(C)c2cc(C=Cc4ccc5c(c4)C(c4ccccc4)(c4ccccc4)c4cc(C=Cc6ccc7c(c6)C(C)(C)c6cc(N(c8cccc(C)c8)c8cccc(C)c8)ccc6-7)ccc4-5)ccc2-3)c1. The molecule has 2 heteroatoms. The Bertz CT molecular complexity index is 4440. The van der Waals surface area contributed by atoms with Crippen LogP contribution in [0.3, 0.4) is 0 Å². The first-order chi connectivity index (χ1) is 43.2. The number of hydrogen-bond donors (Lipinski definition) is 0. The van der Waals surface area contributed by atoms with E-state index in [1.165, 1.54) is 122 Å². The van der Waals surface area contributed by atoms with Crippen LogP contribution >= 0.6 is 0 Å². The number of fused-ring (bicyclic) bond motifs is 9. The van der Waals surface area contributed by atoms with Crippen LogP contribution < -0.4 is 9.80 Å². The Hall–Kier alpha value is -10.3. The highest BCUT2D eigenvalue weighted by molar-refractivity contribution is 5.92. The maximum absolute atomic E-state index is 2.46. The molecular weight excluding hydrogens is 1070 g/mol. The Morgan fingerprint density at radius 2 is 0.494 bits per heavy atom. The van der Waals surface area contributed by atoms with Crippen molar-refractivity contribution in [2.45, 2.75) is 71.6 Å². The van der Waals surface area contributed by atoms with Gasteiger partial charge in [-0.25, -0.2) is 0 Å². The Balaban J connectivity index is 0.749. The highest BCUT2D eigenvalue weighted by Crippen LogP contribution is 2.58. The third-order valence-electron chi connectivity index (χ3n) is 19.5. The normalized spacial score (nSPS) is 14.2. The van der Waals surface area contributed by atoms with Crippen molar-refractivity contribution in [3.8, 4) is 33.4 Å². The second kappa shape index (κ2) is 21.5. The minimum Gasteiger partial charge on any atom is -0.310 e. The van der Waals surface area contributed by atoms with Crippen LogP contribution in [0.15, 0.2) is 267 Å². The molecule has 0 N–H and O–H groups in total. The number of anilines is 6. The van der Waals surface area contributed by atoms with Crippen LogP contribution in [-0.2, 0) is 16.2 Å². The van der Waals surface area contributed by atoms with E-state index in [4.69, 9.17) is 0 Å². The largest absolute Gasteiger partial charge is 0.310 e. The van der Waals surface area contributed by atoms with E-state index < -0.39 is 5.41 Å². The molecule has 0 bridgehead atoms. The zero-order valence-corrected chi connectivity index (χ0v) is 52.1. The fourth-order valence-electron chi connectivity index (χ4n) is 15.1. The van der Waals surface area contributed by atoms with Crippen LogP contribution in [0.4, 0.5) is 34.1 Å². The zero-order valence-electron chi connectivity index (χ0n) is 52.1. The van der Waals surface area contributed by atoms with E-state index in [1.54, 1.807) is 0 Å². The smallest absolute Gasteiger partial charge is 0.0713 e. The molecule has 12 aromatic rings. The molecule has 0 heterocycles. The molecule has 89 heavy (non-hydrogen) atoms. The first kappa shape index (κ1) is 55.3. The van der Waals surface area contributed by atoms with E-state index >= 15 is 0 Å².